The molecule has 3 atom stereocenters. The van der Waals surface area contributed by atoms with Crippen LogP contribution in [0.3, 0.4) is 0 Å². The van der Waals surface area contributed by atoms with Gasteiger partial charge in [-0.25, -0.2) is 4.79 Å². The zero-order chi connectivity index (χ0) is 24.7. The van der Waals surface area contributed by atoms with Crippen LogP contribution in [0, 0.1) is 5.92 Å². The Balaban J connectivity index is 1.57. The Morgan fingerprint density at radius 1 is 1.00 bits per heavy atom. The van der Waals surface area contributed by atoms with Gasteiger partial charge in [-0.3, -0.25) is 9.59 Å². The van der Waals surface area contributed by atoms with Gasteiger partial charge in [-0.2, -0.15) is 0 Å². The molecule has 34 heavy (non-hydrogen) atoms. The lowest BCUT2D eigenvalue weighted by molar-refractivity contribution is -0.141. The van der Waals surface area contributed by atoms with Gasteiger partial charge in [0.25, 0.3) is 0 Å². The molecule has 0 spiro atoms. The van der Waals surface area contributed by atoms with Crippen LogP contribution >= 0.6 is 0 Å². The number of hydrogen-bond acceptors (Lipinski definition) is 5. The molecular formula is C26H32N2O6. The third-order valence-electron chi connectivity index (χ3n) is 6.28. The van der Waals surface area contributed by atoms with E-state index < -0.39 is 36.0 Å². The highest BCUT2D eigenvalue weighted by Gasteiger charge is 2.31. The van der Waals surface area contributed by atoms with Crippen LogP contribution in [0.4, 0.5) is 4.79 Å². The molecular weight excluding hydrogens is 436 g/mol. The Morgan fingerprint density at radius 3 is 2.15 bits per heavy atom. The first-order valence-electron chi connectivity index (χ1n) is 11.5. The minimum atomic E-state index is -0.947. The predicted molar refractivity (Wildman–Crippen MR) is 128 cm³/mol. The third-order valence-corrected chi connectivity index (χ3v) is 6.28. The molecule has 3 rings (SSSR count). The summed E-state index contributed by atoms with van der Waals surface area (Å²) in [4.78, 5) is 36.2. The lowest BCUT2D eigenvalue weighted by Crippen LogP contribution is -2.53. The normalized spacial score (nSPS) is 14.9. The topological polar surface area (TPSA) is 114 Å². The highest BCUT2D eigenvalue weighted by atomic mass is 16.5. The van der Waals surface area contributed by atoms with Crippen molar-refractivity contribution in [3.8, 4) is 11.1 Å². The number of hydrogen-bond donors (Lipinski definition) is 3. The molecule has 0 heterocycles. The van der Waals surface area contributed by atoms with E-state index in [1.807, 2.05) is 36.4 Å². The smallest absolute Gasteiger partial charge is 0.407 e. The van der Waals surface area contributed by atoms with Crippen LogP contribution in [0.15, 0.2) is 48.5 Å². The van der Waals surface area contributed by atoms with Crippen LogP contribution in [-0.4, -0.2) is 55.5 Å². The van der Waals surface area contributed by atoms with Crippen molar-refractivity contribution in [3.63, 3.8) is 0 Å². The number of nitrogens with one attached hydrogen (secondary N) is 2. The lowest BCUT2D eigenvalue weighted by Gasteiger charge is -2.23. The molecule has 3 N–H and O–H groups in total. The number of methoxy groups -OCH3 is 1. The maximum Gasteiger partial charge on any atom is 0.407 e. The Kier molecular flexibility index (Phi) is 8.65. The zero-order valence-corrected chi connectivity index (χ0v) is 19.7. The fourth-order valence-corrected chi connectivity index (χ4v) is 4.15. The highest BCUT2D eigenvalue weighted by Crippen LogP contribution is 2.44. The predicted octanol–water partition coefficient (Wildman–Crippen LogP) is 3.55. The van der Waals surface area contributed by atoms with Gasteiger partial charge in [0, 0.05) is 19.6 Å². The maximum atomic E-state index is 12.7. The van der Waals surface area contributed by atoms with Crippen molar-refractivity contribution in [1.29, 1.82) is 0 Å². The van der Waals surface area contributed by atoms with Gasteiger partial charge in [-0.15, -0.1) is 0 Å². The van der Waals surface area contributed by atoms with E-state index in [-0.39, 0.29) is 12.5 Å². The molecule has 2 amide bonds. The summed E-state index contributed by atoms with van der Waals surface area (Å²) in [6.45, 7) is 3.75. The number of rotatable bonds is 11. The van der Waals surface area contributed by atoms with Crippen molar-refractivity contribution in [2.24, 2.45) is 5.92 Å². The van der Waals surface area contributed by atoms with E-state index in [4.69, 9.17) is 14.6 Å². The average molecular weight is 469 g/mol. The van der Waals surface area contributed by atoms with E-state index in [0.717, 1.165) is 22.3 Å². The van der Waals surface area contributed by atoms with Crippen molar-refractivity contribution in [1.82, 2.24) is 10.6 Å². The Morgan fingerprint density at radius 2 is 1.59 bits per heavy atom. The standard InChI is InChI=1S/C26H32N2O6/c1-16(25(30)31)9-8-14-27-24(29)23(17(2)33-3)28-26(32)34-15-22-20-12-6-4-10-18(20)19-11-5-7-13-21(19)22/h4-7,10-13,16-17,22-23H,8-9,14-15H2,1-3H3,(H,27,29)(H,28,32)(H,30,31). The van der Waals surface area contributed by atoms with Crippen molar-refractivity contribution in [3.05, 3.63) is 59.7 Å². The summed E-state index contributed by atoms with van der Waals surface area (Å²) in [5.41, 5.74) is 4.47. The van der Waals surface area contributed by atoms with E-state index in [9.17, 15) is 14.4 Å². The van der Waals surface area contributed by atoms with Crippen molar-refractivity contribution < 1.29 is 29.0 Å². The first kappa shape index (κ1) is 25.2. The second-order valence-corrected chi connectivity index (χ2v) is 8.56. The maximum absolute atomic E-state index is 12.7. The van der Waals surface area contributed by atoms with Crippen LogP contribution in [0.1, 0.15) is 43.7 Å². The van der Waals surface area contributed by atoms with Gasteiger partial charge >= 0.3 is 12.1 Å². The first-order valence-corrected chi connectivity index (χ1v) is 11.5. The molecule has 0 saturated carbocycles. The number of aliphatic carboxylic acids is 1. The number of ether oxygens (including phenoxy) is 2. The Hall–Kier alpha value is -3.39. The molecule has 0 fully saturated rings. The van der Waals surface area contributed by atoms with Crippen LogP contribution in [0.2, 0.25) is 0 Å². The van der Waals surface area contributed by atoms with Gasteiger partial charge in [0.1, 0.15) is 12.6 Å². The SMILES string of the molecule is COC(C)C(NC(=O)OCC1c2ccccc2-c2ccccc21)C(=O)NCCCC(C)C(=O)O. The number of benzene rings is 2. The number of alkyl carbamates (subject to hydrolysis) is 1. The summed E-state index contributed by atoms with van der Waals surface area (Å²) in [5.74, 6) is -1.84. The Labute approximate surface area is 199 Å². The van der Waals surface area contributed by atoms with E-state index >= 15 is 0 Å². The Bertz CT molecular complexity index is 978. The molecule has 3 unspecified atom stereocenters. The number of carbonyl (C=O) groups excluding carboxylic acids is 2. The first-order chi connectivity index (χ1) is 16.3. The molecule has 0 bridgehead atoms. The summed E-state index contributed by atoms with van der Waals surface area (Å²) >= 11 is 0. The van der Waals surface area contributed by atoms with E-state index in [1.165, 1.54) is 7.11 Å². The molecule has 1 aliphatic carbocycles. The van der Waals surface area contributed by atoms with Crippen LogP contribution in [-0.2, 0) is 19.1 Å². The number of carboxylic acid groups (broad SMARTS) is 1. The highest BCUT2D eigenvalue weighted by molar-refractivity contribution is 5.86. The molecule has 0 aliphatic heterocycles. The fourth-order valence-electron chi connectivity index (χ4n) is 4.15. The van der Waals surface area contributed by atoms with Gasteiger partial charge in [0.05, 0.1) is 12.0 Å². The van der Waals surface area contributed by atoms with Gasteiger partial charge in [-0.1, -0.05) is 55.5 Å². The zero-order valence-electron chi connectivity index (χ0n) is 19.7. The molecule has 2 aromatic rings. The minimum Gasteiger partial charge on any atom is -0.481 e. The fraction of sp³-hybridized carbons (Fsp3) is 0.423. The summed E-state index contributed by atoms with van der Waals surface area (Å²) in [6.07, 6.45) is -0.332. The summed E-state index contributed by atoms with van der Waals surface area (Å²) < 4.78 is 10.8. The summed E-state index contributed by atoms with van der Waals surface area (Å²) in [6, 6.07) is 15.2. The average Bonchev–Trinajstić information content (AvgIpc) is 3.16. The largest absolute Gasteiger partial charge is 0.481 e. The second-order valence-electron chi connectivity index (χ2n) is 8.56. The van der Waals surface area contributed by atoms with Gasteiger partial charge in [0.15, 0.2) is 0 Å². The molecule has 1 aliphatic rings. The van der Waals surface area contributed by atoms with E-state index in [2.05, 4.69) is 22.8 Å². The van der Waals surface area contributed by atoms with Crippen molar-refractivity contribution in [2.75, 3.05) is 20.3 Å². The third kappa shape index (κ3) is 5.94. The lowest BCUT2D eigenvalue weighted by atomic mass is 9.98. The van der Waals surface area contributed by atoms with Crippen molar-refractivity contribution in [2.45, 2.75) is 44.8 Å². The quantitative estimate of drug-likeness (QED) is 0.435. The van der Waals surface area contributed by atoms with Gasteiger partial charge < -0.3 is 25.2 Å². The van der Waals surface area contributed by atoms with Crippen LogP contribution in [0.25, 0.3) is 11.1 Å². The number of amides is 2. The van der Waals surface area contributed by atoms with Crippen LogP contribution in [0.5, 0.6) is 0 Å². The molecule has 0 radical (unpaired) electrons. The number of fused-ring (bicyclic) bond motifs is 3. The summed E-state index contributed by atoms with van der Waals surface area (Å²) in [5, 5.41) is 14.3. The number of carboxylic acids is 1. The second kappa shape index (κ2) is 11.7. The molecule has 0 aromatic heterocycles. The number of carbonyl (C=O) groups is 3. The monoisotopic (exact) mass is 468 g/mol. The summed E-state index contributed by atoms with van der Waals surface area (Å²) in [7, 11) is 1.46. The minimum absolute atomic E-state index is 0.0819. The molecule has 0 saturated heterocycles. The molecule has 8 nitrogen and oxygen atoms in total. The van der Waals surface area contributed by atoms with E-state index in [0.29, 0.717) is 19.4 Å². The van der Waals surface area contributed by atoms with Gasteiger partial charge in [-0.05, 0) is 42.0 Å². The molecule has 182 valence electrons. The van der Waals surface area contributed by atoms with E-state index in [1.54, 1.807) is 13.8 Å². The molecule has 2 aromatic carbocycles. The molecule has 8 heteroatoms. The van der Waals surface area contributed by atoms with Crippen molar-refractivity contribution >= 4 is 18.0 Å². The van der Waals surface area contributed by atoms with Crippen LogP contribution < -0.4 is 10.6 Å². The van der Waals surface area contributed by atoms with Gasteiger partial charge in [0.2, 0.25) is 5.91 Å².